The van der Waals surface area contributed by atoms with Crippen LogP contribution < -0.4 is 11.1 Å². The summed E-state index contributed by atoms with van der Waals surface area (Å²) < 4.78 is 0. The maximum atomic E-state index is 12.3. The molecule has 0 radical (unpaired) electrons. The molecule has 2 atom stereocenters. The van der Waals surface area contributed by atoms with Crippen LogP contribution in [0.15, 0.2) is 11.4 Å². The fourth-order valence-electron chi connectivity index (χ4n) is 2.54. The second kappa shape index (κ2) is 7.94. The normalized spacial score (nSPS) is 18.4. The van der Waals surface area contributed by atoms with E-state index in [-0.39, 0.29) is 42.7 Å². The number of halogens is 1. The van der Waals surface area contributed by atoms with Crippen molar-refractivity contribution in [2.24, 2.45) is 11.7 Å². The Morgan fingerprint density at radius 3 is 2.82 bits per heavy atom. The zero-order valence-corrected chi connectivity index (χ0v) is 14.8. The van der Waals surface area contributed by atoms with Crippen LogP contribution in [-0.4, -0.2) is 35.8 Å². The average Bonchev–Trinajstić information content (AvgIpc) is 2.93. The van der Waals surface area contributed by atoms with Gasteiger partial charge in [-0.15, -0.1) is 23.7 Å². The van der Waals surface area contributed by atoms with E-state index in [0.717, 1.165) is 6.42 Å². The number of nitrogens with one attached hydrogen (secondary N) is 1. The Hall–Kier alpha value is -1.11. The molecule has 5 nitrogen and oxygen atoms in total. The molecule has 1 aliphatic rings. The van der Waals surface area contributed by atoms with Crippen LogP contribution in [0.1, 0.15) is 37.3 Å². The van der Waals surface area contributed by atoms with Crippen molar-refractivity contribution in [2.75, 3.05) is 13.1 Å². The number of nitrogens with zero attached hydrogens (tertiary/aromatic N) is 1. The topological polar surface area (TPSA) is 75.4 Å². The number of hydrogen-bond acceptors (Lipinski definition) is 4. The highest BCUT2D eigenvalue weighted by molar-refractivity contribution is 7.10. The summed E-state index contributed by atoms with van der Waals surface area (Å²) in [6.45, 7) is 6.53. The summed E-state index contributed by atoms with van der Waals surface area (Å²) in [5, 5.41) is 4.71. The third-order valence-electron chi connectivity index (χ3n) is 4.03. The molecule has 2 heterocycles. The number of carbonyl (C=O) groups excluding carboxylic acids is 2. The van der Waals surface area contributed by atoms with Crippen LogP contribution in [0.2, 0.25) is 0 Å². The first-order valence-corrected chi connectivity index (χ1v) is 8.18. The molecular formula is C15H24ClN3O2S. The number of amides is 2. The molecule has 0 saturated heterocycles. The van der Waals surface area contributed by atoms with Gasteiger partial charge in [0.25, 0.3) is 0 Å². The summed E-state index contributed by atoms with van der Waals surface area (Å²) in [6.07, 6.45) is 0.891. The van der Waals surface area contributed by atoms with Crippen LogP contribution in [0.4, 0.5) is 0 Å². The Kier molecular flexibility index (Phi) is 6.84. The molecular weight excluding hydrogens is 322 g/mol. The van der Waals surface area contributed by atoms with Gasteiger partial charge in [0.05, 0.1) is 18.6 Å². The van der Waals surface area contributed by atoms with E-state index >= 15 is 0 Å². The van der Waals surface area contributed by atoms with E-state index in [9.17, 15) is 9.59 Å². The number of nitrogens with two attached hydrogens (primary N) is 1. The third-order valence-corrected chi connectivity index (χ3v) is 5.03. The monoisotopic (exact) mass is 345 g/mol. The lowest BCUT2D eigenvalue weighted by molar-refractivity contribution is -0.135. The van der Waals surface area contributed by atoms with E-state index in [1.807, 2.05) is 25.7 Å². The molecule has 7 heteroatoms. The second-order valence-corrected chi connectivity index (χ2v) is 6.80. The Balaban J connectivity index is 0.00000242. The molecule has 0 aromatic carbocycles. The quantitative estimate of drug-likeness (QED) is 0.872. The maximum Gasteiger partial charge on any atom is 0.242 e. The third kappa shape index (κ3) is 4.00. The highest BCUT2D eigenvalue weighted by atomic mass is 35.5. The summed E-state index contributed by atoms with van der Waals surface area (Å²) in [4.78, 5) is 27.3. The van der Waals surface area contributed by atoms with Crippen molar-refractivity contribution in [1.82, 2.24) is 10.2 Å². The molecule has 3 N–H and O–H groups in total. The zero-order valence-electron chi connectivity index (χ0n) is 13.2. The Bertz CT molecular complexity index is 533. The molecule has 1 unspecified atom stereocenters. The van der Waals surface area contributed by atoms with Gasteiger partial charge in [0.2, 0.25) is 11.8 Å². The van der Waals surface area contributed by atoms with Crippen molar-refractivity contribution in [3.63, 3.8) is 0 Å². The number of thiophene rings is 1. The van der Waals surface area contributed by atoms with Crippen LogP contribution in [0.3, 0.4) is 0 Å². The van der Waals surface area contributed by atoms with Gasteiger partial charge in [-0.2, -0.15) is 0 Å². The van der Waals surface area contributed by atoms with Gasteiger partial charge in [-0.25, -0.2) is 0 Å². The van der Waals surface area contributed by atoms with E-state index in [1.165, 1.54) is 10.4 Å². The van der Waals surface area contributed by atoms with Gasteiger partial charge in [-0.1, -0.05) is 13.8 Å². The van der Waals surface area contributed by atoms with Gasteiger partial charge in [-0.3, -0.25) is 9.59 Å². The van der Waals surface area contributed by atoms with Gasteiger partial charge in [0.1, 0.15) is 0 Å². The molecule has 0 fully saturated rings. The molecule has 2 amide bonds. The fourth-order valence-corrected chi connectivity index (χ4v) is 3.50. The minimum Gasteiger partial charge on any atom is -0.346 e. The van der Waals surface area contributed by atoms with E-state index in [0.29, 0.717) is 6.54 Å². The smallest absolute Gasteiger partial charge is 0.242 e. The summed E-state index contributed by atoms with van der Waals surface area (Å²) in [7, 11) is 0. The predicted octanol–water partition coefficient (Wildman–Crippen LogP) is 1.72. The van der Waals surface area contributed by atoms with Gasteiger partial charge in [0.15, 0.2) is 0 Å². The standard InChI is InChI=1S/C15H23N3O2S.ClH/c1-9(2)14(16)15(20)17-8-13(19)18-6-4-12-11(10(18)3)5-7-21-12;/h5,7,9-10,14H,4,6,8,16H2,1-3H3,(H,17,20);1H/t10?,14-;/m0./s1. The summed E-state index contributed by atoms with van der Waals surface area (Å²) in [5.41, 5.74) is 6.99. The predicted molar refractivity (Wildman–Crippen MR) is 91.2 cm³/mol. The first-order valence-electron chi connectivity index (χ1n) is 7.30. The molecule has 1 aliphatic heterocycles. The molecule has 2 rings (SSSR count). The molecule has 124 valence electrons. The minimum absolute atomic E-state index is 0. The molecule has 1 aromatic rings. The van der Waals surface area contributed by atoms with Crippen molar-refractivity contribution in [2.45, 2.75) is 39.3 Å². The molecule has 22 heavy (non-hydrogen) atoms. The van der Waals surface area contributed by atoms with Gasteiger partial charge in [0, 0.05) is 11.4 Å². The van der Waals surface area contributed by atoms with Crippen LogP contribution >= 0.6 is 23.7 Å². The van der Waals surface area contributed by atoms with E-state index < -0.39 is 6.04 Å². The molecule has 1 aromatic heterocycles. The number of rotatable bonds is 4. The molecule has 0 aliphatic carbocycles. The van der Waals surface area contributed by atoms with Gasteiger partial charge < -0.3 is 16.0 Å². The van der Waals surface area contributed by atoms with Gasteiger partial charge in [-0.05, 0) is 36.3 Å². The van der Waals surface area contributed by atoms with E-state index in [1.54, 1.807) is 11.3 Å². The van der Waals surface area contributed by atoms with E-state index in [2.05, 4.69) is 16.8 Å². The van der Waals surface area contributed by atoms with Crippen LogP contribution in [0.25, 0.3) is 0 Å². The van der Waals surface area contributed by atoms with Crippen molar-refractivity contribution in [1.29, 1.82) is 0 Å². The fraction of sp³-hybridized carbons (Fsp3) is 0.600. The summed E-state index contributed by atoms with van der Waals surface area (Å²) >= 11 is 1.74. The van der Waals surface area contributed by atoms with Crippen LogP contribution in [-0.2, 0) is 16.0 Å². The number of carbonyl (C=O) groups is 2. The van der Waals surface area contributed by atoms with Gasteiger partial charge >= 0.3 is 0 Å². The Labute approximate surface area is 141 Å². The lowest BCUT2D eigenvalue weighted by Gasteiger charge is -2.33. The SMILES string of the molecule is CC(C)[C@H](N)C(=O)NCC(=O)N1CCc2sccc2C1C.Cl. The first kappa shape index (κ1) is 18.9. The highest BCUT2D eigenvalue weighted by Gasteiger charge is 2.28. The molecule has 0 bridgehead atoms. The number of hydrogen-bond donors (Lipinski definition) is 2. The van der Waals surface area contributed by atoms with Crippen LogP contribution in [0, 0.1) is 5.92 Å². The largest absolute Gasteiger partial charge is 0.346 e. The lowest BCUT2D eigenvalue weighted by Crippen LogP contribution is -2.49. The second-order valence-electron chi connectivity index (χ2n) is 5.80. The van der Waals surface area contributed by atoms with Crippen LogP contribution in [0.5, 0.6) is 0 Å². The average molecular weight is 346 g/mol. The van der Waals surface area contributed by atoms with E-state index in [4.69, 9.17) is 5.73 Å². The highest BCUT2D eigenvalue weighted by Crippen LogP contribution is 2.32. The van der Waals surface area contributed by atoms with Crippen molar-refractivity contribution in [3.8, 4) is 0 Å². The first-order chi connectivity index (χ1) is 9.91. The Morgan fingerprint density at radius 1 is 1.50 bits per heavy atom. The minimum atomic E-state index is -0.569. The Morgan fingerprint density at radius 2 is 2.18 bits per heavy atom. The molecule has 0 saturated carbocycles. The summed E-state index contributed by atoms with van der Waals surface area (Å²) in [5.74, 6) is -0.259. The summed E-state index contributed by atoms with van der Waals surface area (Å²) in [6, 6.07) is 1.58. The van der Waals surface area contributed by atoms with Crippen molar-refractivity contribution < 1.29 is 9.59 Å². The zero-order chi connectivity index (χ0) is 15.6. The lowest BCUT2D eigenvalue weighted by atomic mass is 10.0. The molecule has 0 spiro atoms. The van der Waals surface area contributed by atoms with Crippen molar-refractivity contribution in [3.05, 3.63) is 21.9 Å². The maximum absolute atomic E-state index is 12.3. The number of fused-ring (bicyclic) bond motifs is 1. The van der Waals surface area contributed by atoms with Crippen molar-refractivity contribution >= 4 is 35.6 Å².